The Balaban J connectivity index is 1.85. The first-order valence-corrected chi connectivity index (χ1v) is 13.0. The first-order valence-electron chi connectivity index (χ1n) is 11.0. The molecule has 0 aliphatic carbocycles. The Labute approximate surface area is 197 Å². The first kappa shape index (κ1) is 26.3. The quantitative estimate of drug-likeness (QED) is 0.255. The lowest BCUT2D eigenvalue weighted by Gasteiger charge is -2.38. The largest absolute Gasteiger partial charge is 0.388 e. The topological polar surface area (TPSA) is 158 Å². The molecule has 0 aromatic carbocycles. The van der Waals surface area contributed by atoms with Gasteiger partial charge in [0.1, 0.15) is 28.5 Å². The van der Waals surface area contributed by atoms with Crippen molar-refractivity contribution in [2.45, 2.75) is 88.7 Å². The molecule has 184 valence electrons. The number of aliphatic hydroxyl groups excluding tert-OH is 2. The lowest BCUT2D eigenvalue weighted by atomic mass is 9.92. The molecular weight excluding hydrogens is 469 g/mol. The van der Waals surface area contributed by atoms with Crippen LogP contribution in [0.3, 0.4) is 0 Å². The Hall–Kier alpha value is -1.30. The molecule has 1 aliphatic heterocycles. The normalized spacial score (nSPS) is 27.4. The van der Waals surface area contributed by atoms with Crippen LogP contribution in [0.4, 0.5) is 0 Å². The molecule has 6 atom stereocenters. The molecular formula is C21H32N3O7PS. The van der Waals surface area contributed by atoms with Gasteiger partial charge in [0.25, 0.3) is 0 Å². The third-order valence-electron chi connectivity index (χ3n) is 6.57. The number of rotatable bonds is 9. The number of aliphatic hydroxyl groups is 3. The summed E-state index contributed by atoms with van der Waals surface area (Å²) in [5.41, 5.74) is 0.253. The molecule has 1 saturated heterocycles. The van der Waals surface area contributed by atoms with Gasteiger partial charge in [-0.15, -0.1) is 0 Å². The van der Waals surface area contributed by atoms with Crippen molar-refractivity contribution < 1.29 is 34.0 Å². The smallest absolute Gasteiger partial charge is 0.359 e. The number of ether oxygens (including phenoxy) is 1. The van der Waals surface area contributed by atoms with Crippen LogP contribution in [-0.2, 0) is 13.8 Å². The summed E-state index contributed by atoms with van der Waals surface area (Å²) in [6, 6.07) is 1.66. The van der Waals surface area contributed by atoms with Crippen LogP contribution in [0.2, 0.25) is 0 Å². The van der Waals surface area contributed by atoms with E-state index < -0.39 is 43.0 Å². The van der Waals surface area contributed by atoms with Crippen molar-refractivity contribution in [3.8, 4) is 0 Å². The molecule has 2 aromatic rings. The fraction of sp³-hybridized carbons (Fsp3) is 0.667. The van der Waals surface area contributed by atoms with Crippen molar-refractivity contribution in [1.29, 1.82) is 0 Å². The van der Waals surface area contributed by atoms with Crippen molar-refractivity contribution >= 4 is 31.0 Å². The molecule has 1 fully saturated rings. The predicted octanol–water partition coefficient (Wildman–Crippen LogP) is 3.12. The zero-order valence-corrected chi connectivity index (χ0v) is 20.8. The van der Waals surface area contributed by atoms with E-state index in [4.69, 9.17) is 21.5 Å². The van der Waals surface area contributed by atoms with Crippen LogP contribution in [0.25, 0.3) is 11.2 Å². The molecule has 33 heavy (non-hydrogen) atoms. The maximum Gasteiger partial charge on any atom is 0.359 e. The van der Waals surface area contributed by atoms with Crippen LogP contribution in [-0.4, -0.2) is 64.4 Å². The standard InChI is InChI=1S/C21H32N3O7PS/c1-5-20(4,31-32(28,29)21(27,6-2)7-3)11-14-15(25)16(26)17(30-14)12-10-13-18(24-19(12)33)23-9-8-22-13/h8-10,14-17,25-27H,5-7,11H2,1-4H3,(H,28,29)(H,23,24,33)/t14-,15?,16+,17+,20?/m1/s1. The SMILES string of the molecule is CCC(C)(C[C@H]1O[C@@H](c2cc3nccnc3[nH]c2=S)[C@@H](O)C1O)OP(=O)(O)C(O)(CC)CC. The zero-order valence-electron chi connectivity index (χ0n) is 19.1. The number of nitrogens with one attached hydrogen (secondary N) is 1. The van der Waals surface area contributed by atoms with E-state index in [-0.39, 0.29) is 19.3 Å². The molecule has 3 unspecified atom stereocenters. The van der Waals surface area contributed by atoms with E-state index in [1.54, 1.807) is 33.8 Å². The molecule has 0 saturated carbocycles. The van der Waals surface area contributed by atoms with Gasteiger partial charge >= 0.3 is 7.60 Å². The summed E-state index contributed by atoms with van der Waals surface area (Å²) >= 11 is 5.40. The number of pyridine rings is 1. The molecule has 3 rings (SSSR count). The van der Waals surface area contributed by atoms with Gasteiger partial charge in [-0.1, -0.05) is 33.0 Å². The molecule has 1 aliphatic rings. The van der Waals surface area contributed by atoms with Crippen LogP contribution >= 0.6 is 19.8 Å². The summed E-state index contributed by atoms with van der Waals surface area (Å²) in [4.78, 5) is 21.9. The number of H-pyrrole nitrogens is 1. The number of nitrogens with zero attached hydrogens (tertiary/aromatic N) is 2. The van der Waals surface area contributed by atoms with E-state index in [2.05, 4.69) is 15.0 Å². The predicted molar refractivity (Wildman–Crippen MR) is 124 cm³/mol. The van der Waals surface area contributed by atoms with Gasteiger partial charge < -0.3 is 34.5 Å². The average Bonchev–Trinajstić information content (AvgIpc) is 3.05. The highest BCUT2D eigenvalue weighted by Gasteiger charge is 2.51. The van der Waals surface area contributed by atoms with Gasteiger partial charge in [-0.2, -0.15) is 0 Å². The van der Waals surface area contributed by atoms with Crippen molar-refractivity contribution in [1.82, 2.24) is 15.0 Å². The monoisotopic (exact) mass is 501 g/mol. The summed E-state index contributed by atoms with van der Waals surface area (Å²) in [7, 11) is -4.43. The number of aromatic nitrogens is 3. The van der Waals surface area contributed by atoms with E-state index in [1.165, 1.54) is 12.4 Å². The molecule has 0 spiro atoms. The molecule has 2 aromatic heterocycles. The van der Waals surface area contributed by atoms with Crippen molar-refractivity contribution in [3.05, 3.63) is 28.7 Å². The summed E-state index contributed by atoms with van der Waals surface area (Å²) in [6.07, 6.45) is -0.961. The van der Waals surface area contributed by atoms with E-state index in [0.717, 1.165) is 0 Å². The van der Waals surface area contributed by atoms with E-state index in [0.29, 0.717) is 27.8 Å². The van der Waals surface area contributed by atoms with Gasteiger partial charge in [0.2, 0.25) is 0 Å². The molecule has 0 amide bonds. The maximum atomic E-state index is 12.9. The lowest BCUT2D eigenvalue weighted by Crippen LogP contribution is -2.40. The van der Waals surface area contributed by atoms with Crippen LogP contribution in [0.1, 0.15) is 65.0 Å². The van der Waals surface area contributed by atoms with Crippen LogP contribution in [0.15, 0.2) is 18.5 Å². The summed E-state index contributed by atoms with van der Waals surface area (Å²) < 4.78 is 24.9. The molecule has 10 nitrogen and oxygen atoms in total. The number of hydrogen-bond acceptors (Lipinski definition) is 9. The highest BCUT2D eigenvalue weighted by Crippen LogP contribution is 2.60. The second-order valence-electron chi connectivity index (χ2n) is 8.73. The minimum absolute atomic E-state index is 0.0101. The molecule has 0 bridgehead atoms. The Morgan fingerprint density at radius 2 is 1.82 bits per heavy atom. The number of aromatic amines is 1. The zero-order chi connectivity index (χ0) is 24.6. The van der Waals surface area contributed by atoms with E-state index in [1.807, 2.05) is 0 Å². The van der Waals surface area contributed by atoms with Crippen molar-refractivity contribution in [2.24, 2.45) is 0 Å². The van der Waals surface area contributed by atoms with E-state index in [9.17, 15) is 24.8 Å². The van der Waals surface area contributed by atoms with Crippen LogP contribution < -0.4 is 0 Å². The second kappa shape index (κ2) is 9.75. The minimum atomic E-state index is -4.43. The minimum Gasteiger partial charge on any atom is -0.388 e. The highest BCUT2D eigenvalue weighted by atomic mass is 32.1. The van der Waals surface area contributed by atoms with Crippen LogP contribution in [0.5, 0.6) is 0 Å². The number of fused-ring (bicyclic) bond motifs is 1. The summed E-state index contributed by atoms with van der Waals surface area (Å²) in [5, 5.41) is 30.2. The summed E-state index contributed by atoms with van der Waals surface area (Å²) in [6.45, 7) is 6.61. The number of hydrogen-bond donors (Lipinski definition) is 5. The molecule has 5 N–H and O–H groups in total. The summed E-state index contributed by atoms with van der Waals surface area (Å²) in [5.74, 6) is 0. The first-order chi connectivity index (χ1) is 15.4. The highest BCUT2D eigenvalue weighted by molar-refractivity contribution is 7.71. The van der Waals surface area contributed by atoms with Gasteiger partial charge in [-0.3, -0.25) is 9.55 Å². The van der Waals surface area contributed by atoms with Gasteiger partial charge in [-0.25, -0.2) is 4.98 Å². The van der Waals surface area contributed by atoms with E-state index >= 15 is 0 Å². The second-order valence-corrected chi connectivity index (χ2v) is 11.2. The Morgan fingerprint density at radius 1 is 1.18 bits per heavy atom. The third kappa shape index (κ3) is 5.06. The average molecular weight is 502 g/mol. The Bertz CT molecular complexity index is 1090. The van der Waals surface area contributed by atoms with Gasteiger partial charge in [0.15, 0.2) is 11.0 Å². The maximum absolute atomic E-state index is 12.9. The van der Waals surface area contributed by atoms with Gasteiger partial charge in [0, 0.05) is 24.4 Å². The third-order valence-corrected chi connectivity index (χ3v) is 9.28. The van der Waals surface area contributed by atoms with Gasteiger partial charge in [0.05, 0.1) is 11.7 Å². The fourth-order valence-corrected chi connectivity index (χ4v) is 6.08. The Kier molecular flexibility index (Phi) is 7.77. The van der Waals surface area contributed by atoms with Crippen molar-refractivity contribution in [3.63, 3.8) is 0 Å². The van der Waals surface area contributed by atoms with Gasteiger partial charge in [-0.05, 0) is 32.3 Å². The van der Waals surface area contributed by atoms with Crippen LogP contribution in [0, 0.1) is 4.64 Å². The van der Waals surface area contributed by atoms with Crippen molar-refractivity contribution in [2.75, 3.05) is 0 Å². The Morgan fingerprint density at radius 3 is 2.42 bits per heavy atom. The molecule has 3 heterocycles. The molecule has 12 heteroatoms. The fourth-order valence-electron chi connectivity index (χ4n) is 4.03. The molecule has 0 radical (unpaired) electrons. The lowest BCUT2D eigenvalue weighted by molar-refractivity contribution is -0.0544.